The highest BCUT2D eigenvalue weighted by Crippen LogP contribution is 2.29. The second-order valence-corrected chi connectivity index (χ2v) is 13.6. The van der Waals surface area contributed by atoms with Gasteiger partial charge in [0.1, 0.15) is 23.3 Å². The number of hydrogen-bond acceptors (Lipinski definition) is 8. The first-order valence-corrected chi connectivity index (χ1v) is 15.9. The number of Topliss-reactive ketones (excluding diaryl/α,β-unsaturated/α-hetero) is 1. The quantitative estimate of drug-likeness (QED) is 0.190. The van der Waals surface area contributed by atoms with E-state index in [1.807, 2.05) is 6.92 Å². The number of hydrogen-bond donors (Lipinski definition) is 4. The first kappa shape index (κ1) is 36.8. The van der Waals surface area contributed by atoms with Gasteiger partial charge in [0, 0.05) is 19.6 Å². The predicted octanol–water partition coefficient (Wildman–Crippen LogP) is 2.95. The smallest absolute Gasteiger partial charge is 0.408 e. The van der Waals surface area contributed by atoms with Crippen molar-refractivity contribution in [2.24, 2.45) is 5.92 Å². The molecule has 4 N–H and O–H groups in total. The number of nitrogens with one attached hydrogen (secondary N) is 4. The molecule has 2 unspecified atom stereocenters. The Bertz CT molecular complexity index is 1030. The van der Waals surface area contributed by atoms with Crippen LogP contribution in [-0.4, -0.2) is 89.6 Å². The van der Waals surface area contributed by atoms with E-state index in [1.165, 1.54) is 4.90 Å². The van der Waals surface area contributed by atoms with E-state index in [-0.39, 0.29) is 31.3 Å². The maximum Gasteiger partial charge on any atom is 0.408 e. The summed E-state index contributed by atoms with van der Waals surface area (Å²) in [6.45, 7) is 12.7. The highest BCUT2D eigenvalue weighted by atomic mass is 16.6. The Labute approximate surface area is 261 Å². The third kappa shape index (κ3) is 12.3. The summed E-state index contributed by atoms with van der Waals surface area (Å²) in [5.41, 5.74) is -1.40. The molecule has 1 saturated carbocycles. The van der Waals surface area contributed by atoms with Crippen molar-refractivity contribution in [3.05, 3.63) is 0 Å². The summed E-state index contributed by atoms with van der Waals surface area (Å²) in [6.07, 6.45) is 4.98. The number of rotatable bonds is 12. The third-order valence-electron chi connectivity index (χ3n) is 7.41. The molecule has 2 fully saturated rings. The number of nitrogens with zero attached hydrogens (tertiary/aromatic N) is 1. The van der Waals surface area contributed by atoms with Gasteiger partial charge in [-0.15, -0.1) is 0 Å². The first-order chi connectivity index (χ1) is 20.5. The molecule has 1 saturated heterocycles. The molecule has 1 aliphatic heterocycles. The van der Waals surface area contributed by atoms with Crippen molar-refractivity contribution in [3.8, 4) is 0 Å². The van der Waals surface area contributed by atoms with Gasteiger partial charge in [-0.3, -0.25) is 19.2 Å². The van der Waals surface area contributed by atoms with Crippen LogP contribution in [0.25, 0.3) is 0 Å². The molecule has 2 aliphatic rings. The Balaban J connectivity index is 2.04. The zero-order valence-electron chi connectivity index (χ0n) is 27.5. The molecule has 44 heavy (non-hydrogen) atoms. The number of ether oxygens (including phenoxy) is 2. The van der Waals surface area contributed by atoms with E-state index in [4.69, 9.17) is 9.47 Å². The van der Waals surface area contributed by atoms with Gasteiger partial charge in [0.05, 0.1) is 6.04 Å². The van der Waals surface area contributed by atoms with Crippen molar-refractivity contribution in [3.63, 3.8) is 0 Å². The van der Waals surface area contributed by atoms with Crippen LogP contribution in [0.5, 0.6) is 0 Å². The highest BCUT2D eigenvalue weighted by molar-refractivity contribution is 6.38. The number of alkyl carbamates (subject to hydrolysis) is 2. The minimum Gasteiger partial charge on any atom is -0.444 e. The van der Waals surface area contributed by atoms with Crippen LogP contribution in [0.1, 0.15) is 106 Å². The minimum absolute atomic E-state index is 0.00524. The van der Waals surface area contributed by atoms with Crippen LogP contribution >= 0.6 is 0 Å². The van der Waals surface area contributed by atoms with E-state index in [9.17, 15) is 28.8 Å². The van der Waals surface area contributed by atoms with E-state index < -0.39 is 59.1 Å². The standard InChI is InChI=1S/C31H53N5O8/c1-8-13-21(24(37)26(39)32-17-18-33-28(41)43-30(2,3)4)34-25(38)22-16-12-19-36(22)27(40)23(20-14-10-9-11-15-20)35-29(42)44-31(5,6)7/h20-23H,8-19H2,1-7H3,(H,32,39)(H,33,41)(H,34,38)(H,35,42)/t21?,22-,23?/m0/s1. The molecule has 250 valence electrons. The second kappa shape index (κ2) is 16.6. The van der Waals surface area contributed by atoms with Gasteiger partial charge in [0.2, 0.25) is 17.6 Å². The molecule has 13 heteroatoms. The SMILES string of the molecule is CCCC(NC(=O)[C@@H]1CCCN1C(=O)C(NC(=O)OC(C)(C)C)C1CCCCC1)C(=O)C(=O)NCCNC(=O)OC(C)(C)C. The molecule has 3 atom stereocenters. The van der Waals surface area contributed by atoms with E-state index in [2.05, 4.69) is 21.3 Å². The molecule has 0 radical (unpaired) electrons. The van der Waals surface area contributed by atoms with Crippen LogP contribution in [0.2, 0.25) is 0 Å². The summed E-state index contributed by atoms with van der Waals surface area (Å²) in [7, 11) is 0. The monoisotopic (exact) mass is 623 g/mol. The molecule has 2 rings (SSSR count). The summed E-state index contributed by atoms with van der Waals surface area (Å²) in [5, 5.41) is 10.5. The summed E-state index contributed by atoms with van der Waals surface area (Å²) in [4.78, 5) is 78.9. The Hall–Kier alpha value is -3.38. The second-order valence-electron chi connectivity index (χ2n) is 13.6. The zero-order chi connectivity index (χ0) is 33.1. The molecule has 1 heterocycles. The Morgan fingerprint density at radius 2 is 1.36 bits per heavy atom. The summed E-state index contributed by atoms with van der Waals surface area (Å²) in [6, 6.07) is -2.73. The molecule has 1 aliphatic carbocycles. The van der Waals surface area contributed by atoms with Crippen LogP contribution in [0.15, 0.2) is 0 Å². The molecule has 5 amide bonds. The summed E-state index contributed by atoms with van der Waals surface area (Å²) >= 11 is 0. The van der Waals surface area contributed by atoms with Crippen LogP contribution in [-0.2, 0) is 28.7 Å². The van der Waals surface area contributed by atoms with Gasteiger partial charge < -0.3 is 35.6 Å². The van der Waals surface area contributed by atoms with E-state index in [1.54, 1.807) is 41.5 Å². The van der Waals surface area contributed by atoms with Crippen LogP contribution in [0.3, 0.4) is 0 Å². The van der Waals surface area contributed by atoms with Crippen molar-refractivity contribution in [1.82, 2.24) is 26.2 Å². The number of amides is 5. The minimum atomic E-state index is -1.07. The number of ketones is 1. The van der Waals surface area contributed by atoms with Crippen molar-refractivity contribution >= 4 is 35.7 Å². The van der Waals surface area contributed by atoms with Crippen LogP contribution in [0, 0.1) is 5.92 Å². The van der Waals surface area contributed by atoms with Gasteiger partial charge in [0.15, 0.2) is 0 Å². The number of carbonyl (C=O) groups excluding carboxylic acids is 6. The topological polar surface area (TPSA) is 172 Å². The van der Waals surface area contributed by atoms with Gasteiger partial charge in [-0.1, -0.05) is 32.6 Å². The Morgan fingerprint density at radius 3 is 1.95 bits per heavy atom. The molecule has 0 aromatic carbocycles. The number of likely N-dealkylation sites (tertiary alicyclic amines) is 1. The van der Waals surface area contributed by atoms with Crippen molar-refractivity contribution in [2.45, 2.75) is 136 Å². The molecular formula is C31H53N5O8. The van der Waals surface area contributed by atoms with E-state index in [0.717, 1.165) is 32.1 Å². The molecule has 0 bridgehead atoms. The fraction of sp³-hybridized carbons (Fsp3) is 0.806. The maximum absolute atomic E-state index is 13.9. The van der Waals surface area contributed by atoms with Gasteiger partial charge in [-0.2, -0.15) is 0 Å². The van der Waals surface area contributed by atoms with Gasteiger partial charge in [-0.25, -0.2) is 9.59 Å². The normalized spacial score (nSPS) is 18.9. The predicted molar refractivity (Wildman–Crippen MR) is 164 cm³/mol. The van der Waals surface area contributed by atoms with Gasteiger partial charge >= 0.3 is 12.2 Å². The Kier molecular flexibility index (Phi) is 13.9. The van der Waals surface area contributed by atoms with E-state index in [0.29, 0.717) is 25.8 Å². The summed E-state index contributed by atoms with van der Waals surface area (Å²) < 4.78 is 10.6. The lowest BCUT2D eigenvalue weighted by Crippen LogP contribution is -2.58. The largest absolute Gasteiger partial charge is 0.444 e. The molecule has 0 spiro atoms. The maximum atomic E-state index is 13.9. The fourth-order valence-electron chi connectivity index (χ4n) is 5.49. The number of carbonyl (C=O) groups is 6. The fourth-order valence-corrected chi connectivity index (χ4v) is 5.49. The Morgan fingerprint density at radius 1 is 0.773 bits per heavy atom. The highest BCUT2D eigenvalue weighted by Gasteiger charge is 2.42. The van der Waals surface area contributed by atoms with Crippen molar-refractivity contribution < 1.29 is 38.2 Å². The third-order valence-corrected chi connectivity index (χ3v) is 7.41. The van der Waals surface area contributed by atoms with Crippen LogP contribution < -0.4 is 21.3 Å². The lowest BCUT2D eigenvalue weighted by atomic mass is 9.83. The lowest BCUT2D eigenvalue weighted by molar-refractivity contribution is -0.143. The van der Waals surface area contributed by atoms with Gasteiger partial charge in [-0.05, 0) is 79.6 Å². The zero-order valence-corrected chi connectivity index (χ0v) is 27.5. The van der Waals surface area contributed by atoms with Crippen LogP contribution in [0.4, 0.5) is 9.59 Å². The molecule has 13 nitrogen and oxygen atoms in total. The molecular weight excluding hydrogens is 570 g/mol. The van der Waals surface area contributed by atoms with Crippen molar-refractivity contribution in [1.29, 1.82) is 0 Å². The molecule has 0 aromatic rings. The van der Waals surface area contributed by atoms with Gasteiger partial charge in [0.25, 0.3) is 5.91 Å². The van der Waals surface area contributed by atoms with Crippen molar-refractivity contribution in [2.75, 3.05) is 19.6 Å². The molecule has 0 aromatic heterocycles. The average Bonchev–Trinajstić information content (AvgIpc) is 3.42. The summed E-state index contributed by atoms with van der Waals surface area (Å²) in [5.74, 6) is -2.61. The van der Waals surface area contributed by atoms with E-state index >= 15 is 0 Å². The lowest BCUT2D eigenvalue weighted by Gasteiger charge is -2.35. The first-order valence-electron chi connectivity index (χ1n) is 15.9. The average molecular weight is 624 g/mol.